The molecule has 2 aromatic rings. The lowest BCUT2D eigenvalue weighted by Gasteiger charge is -2.11. The summed E-state index contributed by atoms with van der Waals surface area (Å²) < 4.78 is 0. The summed E-state index contributed by atoms with van der Waals surface area (Å²) in [5.41, 5.74) is 4.17. The zero-order valence-corrected chi connectivity index (χ0v) is 11.5. The van der Waals surface area contributed by atoms with Crippen LogP contribution in [-0.4, -0.2) is 0 Å². The van der Waals surface area contributed by atoms with Crippen LogP contribution in [0.25, 0.3) is 0 Å². The molecule has 1 N–H and O–H groups in total. The zero-order chi connectivity index (χ0) is 13.0. The second-order valence-electron chi connectivity index (χ2n) is 4.19. The lowest BCUT2D eigenvalue weighted by Crippen LogP contribution is -2.03. The maximum Gasteiger partial charge on any atom is 0.101 e. The Morgan fingerprint density at radius 1 is 1.33 bits per heavy atom. The molecule has 1 heterocycles. The maximum atomic E-state index is 9.11. The summed E-state index contributed by atoms with van der Waals surface area (Å²) in [5.74, 6) is 0. The van der Waals surface area contributed by atoms with Crippen molar-refractivity contribution in [2.75, 3.05) is 5.32 Å². The third kappa shape index (κ3) is 2.55. The van der Waals surface area contributed by atoms with Crippen molar-refractivity contribution < 1.29 is 0 Å². The Balaban J connectivity index is 2.19. The van der Waals surface area contributed by atoms with E-state index >= 15 is 0 Å². The number of rotatable bonds is 4. The third-order valence-corrected chi connectivity index (χ3v) is 4.00. The Morgan fingerprint density at radius 3 is 2.89 bits per heavy atom. The molecule has 0 fully saturated rings. The van der Waals surface area contributed by atoms with E-state index < -0.39 is 0 Å². The molecule has 0 amide bonds. The van der Waals surface area contributed by atoms with E-state index in [4.69, 9.17) is 5.26 Å². The fourth-order valence-electron chi connectivity index (χ4n) is 2.00. The van der Waals surface area contributed by atoms with Gasteiger partial charge in [-0.05, 0) is 42.0 Å². The van der Waals surface area contributed by atoms with Crippen LogP contribution in [0.3, 0.4) is 0 Å². The standard InChI is InChI=1S/C15H16N2S/c1-3-12-7-8-18-14(12)10-17-15-11(2)5-4-6-13(15)9-16/h4-8,17H,3,10H2,1-2H3. The molecule has 0 saturated carbocycles. The predicted octanol–water partition coefficient (Wildman–Crippen LogP) is 4.10. The zero-order valence-electron chi connectivity index (χ0n) is 10.7. The number of nitriles is 1. The molecule has 0 saturated heterocycles. The average Bonchev–Trinajstić information content (AvgIpc) is 2.84. The van der Waals surface area contributed by atoms with Gasteiger partial charge >= 0.3 is 0 Å². The number of hydrogen-bond acceptors (Lipinski definition) is 3. The number of aryl methyl sites for hydroxylation is 2. The first kappa shape index (κ1) is 12.7. The van der Waals surface area contributed by atoms with E-state index in [1.807, 2.05) is 25.1 Å². The van der Waals surface area contributed by atoms with Crippen LogP contribution in [0, 0.1) is 18.3 Å². The smallest absolute Gasteiger partial charge is 0.101 e. The van der Waals surface area contributed by atoms with Gasteiger partial charge in [0.2, 0.25) is 0 Å². The van der Waals surface area contributed by atoms with Gasteiger partial charge in [-0.1, -0.05) is 19.1 Å². The largest absolute Gasteiger partial charge is 0.379 e. The van der Waals surface area contributed by atoms with Crippen LogP contribution in [0.4, 0.5) is 5.69 Å². The van der Waals surface area contributed by atoms with Crippen LogP contribution in [-0.2, 0) is 13.0 Å². The molecule has 3 heteroatoms. The number of hydrogen-bond donors (Lipinski definition) is 1. The molecule has 0 atom stereocenters. The Hall–Kier alpha value is -1.79. The normalized spacial score (nSPS) is 10.1. The van der Waals surface area contributed by atoms with Gasteiger partial charge in [-0.2, -0.15) is 5.26 Å². The van der Waals surface area contributed by atoms with Gasteiger partial charge in [0.15, 0.2) is 0 Å². The minimum absolute atomic E-state index is 0.713. The number of para-hydroxylation sites is 1. The fourth-order valence-corrected chi connectivity index (χ4v) is 2.92. The SMILES string of the molecule is CCc1ccsc1CNc1c(C)cccc1C#N. The Bertz CT molecular complexity index is 578. The van der Waals surface area contributed by atoms with E-state index in [1.54, 1.807) is 11.3 Å². The molecule has 0 aliphatic carbocycles. The molecule has 0 unspecified atom stereocenters. The van der Waals surface area contributed by atoms with Gasteiger partial charge in [-0.3, -0.25) is 0 Å². The van der Waals surface area contributed by atoms with E-state index in [9.17, 15) is 0 Å². The highest BCUT2D eigenvalue weighted by molar-refractivity contribution is 7.10. The second-order valence-corrected chi connectivity index (χ2v) is 5.19. The highest BCUT2D eigenvalue weighted by Crippen LogP contribution is 2.23. The summed E-state index contributed by atoms with van der Waals surface area (Å²) in [6.45, 7) is 4.98. The molecular weight excluding hydrogens is 240 g/mol. The van der Waals surface area contributed by atoms with Gasteiger partial charge in [0.05, 0.1) is 11.3 Å². The first-order valence-electron chi connectivity index (χ1n) is 6.05. The van der Waals surface area contributed by atoms with E-state index in [0.29, 0.717) is 5.56 Å². The number of nitrogens with zero attached hydrogens (tertiary/aromatic N) is 1. The van der Waals surface area contributed by atoms with Crippen LogP contribution in [0.2, 0.25) is 0 Å². The number of thiophene rings is 1. The molecule has 0 spiro atoms. The molecule has 0 bridgehead atoms. The van der Waals surface area contributed by atoms with Gasteiger partial charge in [-0.25, -0.2) is 0 Å². The third-order valence-electron chi connectivity index (χ3n) is 3.04. The van der Waals surface area contributed by atoms with Gasteiger partial charge < -0.3 is 5.32 Å². The topological polar surface area (TPSA) is 35.8 Å². The summed E-state index contributed by atoms with van der Waals surface area (Å²) >= 11 is 1.77. The van der Waals surface area contributed by atoms with E-state index in [1.165, 1.54) is 10.4 Å². The van der Waals surface area contributed by atoms with Crippen LogP contribution < -0.4 is 5.32 Å². The quantitative estimate of drug-likeness (QED) is 0.893. The molecule has 1 aromatic heterocycles. The average molecular weight is 256 g/mol. The summed E-state index contributed by atoms with van der Waals surface area (Å²) in [6.07, 6.45) is 1.05. The van der Waals surface area contributed by atoms with Gasteiger partial charge in [0, 0.05) is 11.4 Å². The van der Waals surface area contributed by atoms with Crippen molar-refractivity contribution in [1.29, 1.82) is 5.26 Å². The number of benzene rings is 1. The highest BCUT2D eigenvalue weighted by atomic mass is 32.1. The molecule has 1 aromatic carbocycles. The summed E-state index contributed by atoms with van der Waals surface area (Å²) in [6, 6.07) is 10.2. The van der Waals surface area contributed by atoms with Crippen molar-refractivity contribution in [3.63, 3.8) is 0 Å². The highest BCUT2D eigenvalue weighted by Gasteiger charge is 2.07. The minimum atomic E-state index is 0.713. The van der Waals surface area contributed by atoms with Gasteiger partial charge in [-0.15, -0.1) is 11.3 Å². The molecule has 0 aliphatic heterocycles. The minimum Gasteiger partial charge on any atom is -0.379 e. The van der Waals surface area contributed by atoms with Gasteiger partial charge in [0.25, 0.3) is 0 Å². The van der Waals surface area contributed by atoms with Crippen molar-refractivity contribution in [2.24, 2.45) is 0 Å². The Morgan fingerprint density at radius 2 is 2.17 bits per heavy atom. The molecule has 2 nitrogen and oxygen atoms in total. The second kappa shape index (κ2) is 5.70. The van der Waals surface area contributed by atoms with Crippen molar-refractivity contribution in [2.45, 2.75) is 26.8 Å². The summed E-state index contributed by atoms with van der Waals surface area (Å²) in [5, 5.41) is 14.6. The molecule has 0 radical (unpaired) electrons. The lowest BCUT2D eigenvalue weighted by molar-refractivity contribution is 1.08. The Labute approximate surface area is 112 Å². The summed E-state index contributed by atoms with van der Waals surface area (Å²) in [4.78, 5) is 1.35. The summed E-state index contributed by atoms with van der Waals surface area (Å²) in [7, 11) is 0. The molecule has 0 aliphatic rings. The van der Waals surface area contributed by atoms with Crippen LogP contribution in [0.15, 0.2) is 29.6 Å². The van der Waals surface area contributed by atoms with Crippen molar-refractivity contribution in [3.05, 3.63) is 51.2 Å². The van der Waals surface area contributed by atoms with Crippen molar-refractivity contribution in [3.8, 4) is 6.07 Å². The van der Waals surface area contributed by atoms with Crippen molar-refractivity contribution >= 4 is 17.0 Å². The number of nitrogens with one attached hydrogen (secondary N) is 1. The molecular formula is C15H16N2S. The first-order chi connectivity index (χ1) is 8.76. The first-order valence-corrected chi connectivity index (χ1v) is 6.93. The van der Waals surface area contributed by atoms with Crippen molar-refractivity contribution in [1.82, 2.24) is 0 Å². The molecule has 92 valence electrons. The van der Waals surface area contributed by atoms with E-state index in [2.05, 4.69) is 29.8 Å². The van der Waals surface area contributed by atoms with Crippen LogP contribution in [0.1, 0.15) is 28.5 Å². The Kier molecular flexibility index (Phi) is 4.01. The maximum absolute atomic E-state index is 9.11. The predicted molar refractivity (Wildman–Crippen MR) is 76.9 cm³/mol. The molecule has 2 rings (SSSR count). The molecule has 18 heavy (non-hydrogen) atoms. The van der Waals surface area contributed by atoms with Crippen LogP contribution >= 0.6 is 11.3 Å². The van der Waals surface area contributed by atoms with E-state index in [-0.39, 0.29) is 0 Å². The van der Waals surface area contributed by atoms with Crippen LogP contribution in [0.5, 0.6) is 0 Å². The lowest BCUT2D eigenvalue weighted by atomic mass is 10.1. The monoisotopic (exact) mass is 256 g/mol. The fraction of sp³-hybridized carbons (Fsp3) is 0.267. The van der Waals surface area contributed by atoms with E-state index in [0.717, 1.165) is 24.2 Å². The van der Waals surface area contributed by atoms with Gasteiger partial charge in [0.1, 0.15) is 6.07 Å². The number of anilines is 1.